The first-order valence-electron chi connectivity index (χ1n) is 7.17. The Morgan fingerprint density at radius 3 is 2.95 bits per heavy atom. The van der Waals surface area contributed by atoms with Crippen LogP contribution >= 0.6 is 11.6 Å². The van der Waals surface area contributed by atoms with Crippen LogP contribution in [0, 0.1) is 11.7 Å². The van der Waals surface area contributed by atoms with Gasteiger partial charge < -0.3 is 9.73 Å². The van der Waals surface area contributed by atoms with E-state index in [0.717, 1.165) is 25.9 Å². The summed E-state index contributed by atoms with van der Waals surface area (Å²) in [4.78, 5) is 4.19. The number of nitrogens with zero attached hydrogens (tertiary/aromatic N) is 1. The summed E-state index contributed by atoms with van der Waals surface area (Å²) in [6, 6.07) is 4.39. The zero-order valence-corrected chi connectivity index (χ0v) is 13.1. The molecule has 1 aromatic heterocycles. The van der Waals surface area contributed by atoms with Crippen LogP contribution in [0.1, 0.15) is 26.2 Å². The van der Waals surface area contributed by atoms with Crippen LogP contribution in [0.25, 0.3) is 11.3 Å². The topological polar surface area (TPSA) is 38.1 Å². The highest BCUT2D eigenvalue weighted by Gasteiger charge is 2.11. The van der Waals surface area contributed by atoms with E-state index in [1.165, 1.54) is 12.1 Å². The third kappa shape index (κ3) is 4.83. The zero-order valence-electron chi connectivity index (χ0n) is 12.3. The van der Waals surface area contributed by atoms with Gasteiger partial charge in [0.05, 0.1) is 11.8 Å². The van der Waals surface area contributed by atoms with Gasteiger partial charge in [0.15, 0.2) is 11.7 Å². The van der Waals surface area contributed by atoms with Crippen molar-refractivity contribution in [2.75, 3.05) is 13.1 Å². The second-order valence-corrected chi connectivity index (χ2v) is 5.88. The maximum atomic E-state index is 13.7. The first-order valence-corrected chi connectivity index (χ1v) is 7.55. The maximum absolute atomic E-state index is 13.7. The minimum atomic E-state index is -0.360. The Morgan fingerprint density at radius 1 is 1.38 bits per heavy atom. The van der Waals surface area contributed by atoms with Gasteiger partial charge >= 0.3 is 0 Å². The van der Waals surface area contributed by atoms with Crippen molar-refractivity contribution in [1.29, 1.82) is 0 Å². The van der Waals surface area contributed by atoms with Crippen molar-refractivity contribution in [2.24, 2.45) is 5.92 Å². The van der Waals surface area contributed by atoms with Crippen LogP contribution in [0.3, 0.4) is 0 Å². The van der Waals surface area contributed by atoms with E-state index in [9.17, 15) is 4.39 Å². The van der Waals surface area contributed by atoms with Crippen molar-refractivity contribution in [3.8, 4) is 11.3 Å². The molecule has 21 heavy (non-hydrogen) atoms. The number of nitrogens with one attached hydrogen (secondary N) is 1. The molecule has 0 amide bonds. The molecule has 0 bridgehead atoms. The smallest absolute Gasteiger partial charge is 0.194 e. The molecule has 0 spiro atoms. The van der Waals surface area contributed by atoms with Crippen molar-refractivity contribution in [3.05, 3.63) is 41.1 Å². The summed E-state index contributed by atoms with van der Waals surface area (Å²) < 4.78 is 19.3. The van der Waals surface area contributed by atoms with E-state index in [-0.39, 0.29) is 5.82 Å². The zero-order chi connectivity index (χ0) is 15.2. The fourth-order valence-corrected chi connectivity index (χ4v) is 2.16. The quantitative estimate of drug-likeness (QED) is 0.774. The second-order valence-electron chi connectivity index (χ2n) is 5.44. The molecule has 2 rings (SSSR count). The molecule has 1 heterocycles. The molecular weight excluding hydrogens is 291 g/mol. The summed E-state index contributed by atoms with van der Waals surface area (Å²) in [5.41, 5.74) is 0.346. The number of rotatable bonds is 7. The van der Waals surface area contributed by atoms with E-state index in [2.05, 4.69) is 24.1 Å². The molecule has 0 fully saturated rings. The summed E-state index contributed by atoms with van der Waals surface area (Å²) >= 11 is 5.88. The van der Waals surface area contributed by atoms with E-state index in [1.807, 2.05) is 0 Å². The van der Waals surface area contributed by atoms with Crippen molar-refractivity contribution in [1.82, 2.24) is 10.3 Å². The Balaban J connectivity index is 1.91. The van der Waals surface area contributed by atoms with Crippen LogP contribution in [-0.2, 0) is 6.42 Å². The summed E-state index contributed by atoms with van der Waals surface area (Å²) in [6.07, 6.45) is 3.21. The second kappa shape index (κ2) is 7.57. The molecule has 0 saturated carbocycles. The molecule has 1 N–H and O–H groups in total. The molecule has 114 valence electrons. The lowest BCUT2D eigenvalue weighted by Crippen LogP contribution is -2.21. The molecule has 0 radical (unpaired) electrons. The van der Waals surface area contributed by atoms with Gasteiger partial charge in [0.2, 0.25) is 0 Å². The van der Waals surface area contributed by atoms with Crippen LogP contribution in [-0.4, -0.2) is 18.1 Å². The summed E-state index contributed by atoms with van der Waals surface area (Å²) in [6.45, 7) is 6.27. The minimum Gasteiger partial charge on any atom is -0.441 e. The van der Waals surface area contributed by atoms with Crippen molar-refractivity contribution < 1.29 is 8.81 Å². The van der Waals surface area contributed by atoms with Crippen LogP contribution in [0.2, 0.25) is 5.02 Å². The van der Waals surface area contributed by atoms with Crippen molar-refractivity contribution >= 4 is 11.6 Å². The summed E-state index contributed by atoms with van der Waals surface area (Å²) in [7, 11) is 0. The lowest BCUT2D eigenvalue weighted by molar-refractivity contribution is 0.481. The minimum absolute atomic E-state index is 0.346. The van der Waals surface area contributed by atoms with Crippen LogP contribution in [0.15, 0.2) is 28.8 Å². The molecule has 5 heteroatoms. The average Bonchev–Trinajstić information content (AvgIpc) is 2.89. The third-order valence-electron chi connectivity index (χ3n) is 3.04. The van der Waals surface area contributed by atoms with Crippen LogP contribution in [0.4, 0.5) is 4.39 Å². The number of hydrogen-bond acceptors (Lipinski definition) is 3. The highest BCUT2D eigenvalue weighted by Crippen LogP contribution is 2.26. The lowest BCUT2D eigenvalue weighted by atomic mass is 10.2. The fraction of sp³-hybridized carbons (Fsp3) is 0.438. The van der Waals surface area contributed by atoms with E-state index in [1.54, 1.807) is 12.3 Å². The highest BCUT2D eigenvalue weighted by molar-refractivity contribution is 6.30. The molecule has 0 aliphatic carbocycles. The number of aromatic nitrogens is 1. The van der Waals surface area contributed by atoms with E-state index in [4.69, 9.17) is 16.0 Å². The lowest BCUT2D eigenvalue weighted by Gasteiger charge is -2.05. The van der Waals surface area contributed by atoms with Crippen LogP contribution in [0.5, 0.6) is 0 Å². The van der Waals surface area contributed by atoms with Crippen molar-refractivity contribution in [2.45, 2.75) is 26.7 Å². The Morgan fingerprint density at radius 2 is 2.19 bits per heavy atom. The van der Waals surface area contributed by atoms with Gasteiger partial charge in [-0.25, -0.2) is 9.37 Å². The van der Waals surface area contributed by atoms with E-state index >= 15 is 0 Å². The monoisotopic (exact) mass is 310 g/mol. The molecule has 1 aromatic carbocycles. The molecule has 2 aromatic rings. The maximum Gasteiger partial charge on any atom is 0.194 e. The number of hydrogen-bond donors (Lipinski definition) is 1. The Bertz CT molecular complexity index is 583. The van der Waals surface area contributed by atoms with Gasteiger partial charge in [0.25, 0.3) is 0 Å². The largest absolute Gasteiger partial charge is 0.441 e. The van der Waals surface area contributed by atoms with Crippen molar-refractivity contribution in [3.63, 3.8) is 0 Å². The van der Waals surface area contributed by atoms with Gasteiger partial charge in [-0.15, -0.1) is 0 Å². The van der Waals surface area contributed by atoms with E-state index < -0.39 is 0 Å². The molecule has 0 saturated heterocycles. The predicted octanol–water partition coefficient (Wildman–Crippen LogP) is 4.31. The normalized spacial score (nSPS) is 11.3. The van der Waals surface area contributed by atoms with Gasteiger partial charge in [-0.3, -0.25) is 0 Å². The third-order valence-corrected chi connectivity index (χ3v) is 3.28. The van der Waals surface area contributed by atoms with Gasteiger partial charge in [0.1, 0.15) is 5.82 Å². The predicted molar refractivity (Wildman–Crippen MR) is 82.9 cm³/mol. The van der Waals surface area contributed by atoms with Crippen LogP contribution < -0.4 is 5.32 Å². The van der Waals surface area contributed by atoms with E-state index in [0.29, 0.717) is 28.2 Å². The fourth-order valence-electron chi connectivity index (χ4n) is 1.99. The Labute approximate surface area is 129 Å². The Hall–Kier alpha value is -1.39. The highest BCUT2D eigenvalue weighted by atomic mass is 35.5. The van der Waals surface area contributed by atoms with Gasteiger partial charge in [-0.05, 0) is 43.6 Å². The standard InChI is InChI=1S/C16H20ClFN2O/c1-11(2)9-19-7-3-4-16-20-10-15(21-16)13-8-12(17)5-6-14(13)18/h5-6,8,10-11,19H,3-4,7,9H2,1-2H3. The molecule has 0 aliphatic rings. The number of halogens is 2. The van der Waals surface area contributed by atoms with Gasteiger partial charge in [0, 0.05) is 11.4 Å². The molecule has 0 atom stereocenters. The number of benzene rings is 1. The molecule has 0 unspecified atom stereocenters. The number of oxazole rings is 1. The first kappa shape index (κ1) is 16.0. The summed E-state index contributed by atoms with van der Waals surface area (Å²) in [5, 5.41) is 3.84. The first-order chi connectivity index (χ1) is 10.1. The molecule has 0 aliphatic heterocycles. The SMILES string of the molecule is CC(C)CNCCCc1ncc(-c2cc(Cl)ccc2F)o1. The van der Waals surface area contributed by atoms with Gasteiger partial charge in [-0.1, -0.05) is 25.4 Å². The number of aryl methyl sites for hydroxylation is 1. The average molecular weight is 311 g/mol. The van der Waals surface area contributed by atoms with Gasteiger partial charge in [-0.2, -0.15) is 0 Å². The Kier molecular flexibility index (Phi) is 5.76. The molecular formula is C16H20ClFN2O. The summed E-state index contributed by atoms with van der Waals surface area (Å²) in [5.74, 6) is 1.32. The molecule has 3 nitrogen and oxygen atoms in total.